The molecule has 0 radical (unpaired) electrons. The number of H-pyrrole nitrogens is 1. The molecule has 0 unspecified atom stereocenters. The van der Waals surface area contributed by atoms with Crippen LogP contribution < -0.4 is 15.6 Å². The zero-order valence-electron chi connectivity index (χ0n) is 18.4. The molecule has 0 amide bonds. The maximum absolute atomic E-state index is 12.7. The van der Waals surface area contributed by atoms with Crippen LogP contribution >= 0.6 is 12.2 Å². The average molecular weight is 439 g/mol. The van der Waals surface area contributed by atoms with Gasteiger partial charge in [-0.15, -0.1) is 0 Å². The summed E-state index contributed by atoms with van der Waals surface area (Å²) in [6, 6.07) is 17.9. The minimum absolute atomic E-state index is 0.0976. The molecule has 0 fully saturated rings. The molecule has 1 heterocycles. The highest BCUT2D eigenvalue weighted by Gasteiger charge is 2.14. The van der Waals surface area contributed by atoms with Crippen LogP contribution in [0, 0.1) is 0 Å². The molecular formula is C24H30N4O2S. The Morgan fingerprint density at radius 3 is 2.58 bits per heavy atom. The summed E-state index contributed by atoms with van der Waals surface area (Å²) in [6.07, 6.45) is 0.888. The Morgan fingerprint density at radius 2 is 1.87 bits per heavy atom. The van der Waals surface area contributed by atoms with E-state index < -0.39 is 0 Å². The number of benzene rings is 2. The molecule has 2 aromatic carbocycles. The van der Waals surface area contributed by atoms with E-state index in [-0.39, 0.29) is 5.56 Å². The van der Waals surface area contributed by atoms with Crippen LogP contribution in [0.2, 0.25) is 0 Å². The van der Waals surface area contributed by atoms with Gasteiger partial charge >= 0.3 is 0 Å². The Morgan fingerprint density at radius 1 is 1.10 bits per heavy atom. The van der Waals surface area contributed by atoms with E-state index in [1.165, 1.54) is 5.56 Å². The lowest BCUT2D eigenvalue weighted by atomic mass is 10.1. The van der Waals surface area contributed by atoms with Crippen LogP contribution in [0.15, 0.2) is 59.4 Å². The summed E-state index contributed by atoms with van der Waals surface area (Å²) in [6.45, 7) is 2.74. The molecule has 31 heavy (non-hydrogen) atoms. The van der Waals surface area contributed by atoms with Gasteiger partial charge in [0.25, 0.3) is 5.56 Å². The first-order valence-corrected chi connectivity index (χ1v) is 10.8. The Balaban J connectivity index is 1.74. The number of pyridine rings is 1. The predicted molar refractivity (Wildman–Crippen MR) is 131 cm³/mol. The van der Waals surface area contributed by atoms with Gasteiger partial charge in [-0.3, -0.25) is 4.79 Å². The van der Waals surface area contributed by atoms with Crippen LogP contribution in [0.1, 0.15) is 11.1 Å². The SMILES string of the molecule is COc1ccc2[nH]c(=O)c(CN(CCN(C)C)C(=S)NCCc3ccccc3)cc2c1. The van der Waals surface area contributed by atoms with Crippen LogP contribution in [0.25, 0.3) is 10.9 Å². The fourth-order valence-electron chi connectivity index (χ4n) is 3.32. The molecular weight excluding hydrogens is 408 g/mol. The van der Waals surface area contributed by atoms with Gasteiger partial charge in [-0.1, -0.05) is 30.3 Å². The first-order valence-electron chi connectivity index (χ1n) is 10.4. The molecule has 7 heteroatoms. The first kappa shape index (κ1) is 22.8. The number of hydrogen-bond donors (Lipinski definition) is 2. The van der Waals surface area contributed by atoms with E-state index in [0.717, 1.165) is 42.7 Å². The number of aromatic nitrogens is 1. The summed E-state index contributed by atoms with van der Waals surface area (Å²) >= 11 is 5.68. The van der Waals surface area contributed by atoms with Crippen LogP contribution in [0.4, 0.5) is 0 Å². The molecule has 0 aliphatic heterocycles. The van der Waals surface area contributed by atoms with E-state index in [2.05, 4.69) is 32.2 Å². The van der Waals surface area contributed by atoms with Crippen molar-refractivity contribution in [1.29, 1.82) is 0 Å². The van der Waals surface area contributed by atoms with Crippen molar-refractivity contribution in [2.24, 2.45) is 0 Å². The number of methoxy groups -OCH3 is 1. The number of nitrogens with one attached hydrogen (secondary N) is 2. The summed E-state index contributed by atoms with van der Waals surface area (Å²) in [5.74, 6) is 0.757. The van der Waals surface area contributed by atoms with E-state index in [1.54, 1.807) is 7.11 Å². The van der Waals surface area contributed by atoms with E-state index >= 15 is 0 Å². The van der Waals surface area contributed by atoms with E-state index in [4.69, 9.17) is 17.0 Å². The molecule has 1 aromatic heterocycles. The minimum Gasteiger partial charge on any atom is -0.497 e. The zero-order valence-corrected chi connectivity index (χ0v) is 19.2. The van der Waals surface area contributed by atoms with Gasteiger partial charge in [-0.05, 0) is 62.6 Å². The standard InChI is InChI=1S/C24H30N4O2S/c1-27(2)13-14-28(24(31)25-12-11-18-7-5-4-6-8-18)17-20-15-19-16-21(30-3)9-10-22(19)26-23(20)29/h4-10,15-16H,11-14,17H2,1-3H3,(H,25,31)(H,26,29). The largest absolute Gasteiger partial charge is 0.497 e. The Bertz CT molecular complexity index is 1070. The normalized spacial score (nSPS) is 11.0. The van der Waals surface area contributed by atoms with Crippen LogP contribution in [-0.2, 0) is 13.0 Å². The van der Waals surface area contributed by atoms with Gasteiger partial charge in [0.05, 0.1) is 13.7 Å². The van der Waals surface area contributed by atoms with Crippen LogP contribution in [-0.4, -0.2) is 60.7 Å². The summed E-state index contributed by atoms with van der Waals surface area (Å²) in [4.78, 5) is 19.8. The molecule has 6 nitrogen and oxygen atoms in total. The van der Waals surface area contributed by atoms with E-state index in [1.807, 2.05) is 56.6 Å². The van der Waals surface area contributed by atoms with E-state index in [9.17, 15) is 4.79 Å². The highest BCUT2D eigenvalue weighted by Crippen LogP contribution is 2.19. The average Bonchev–Trinajstić information content (AvgIpc) is 2.77. The van der Waals surface area contributed by atoms with Gasteiger partial charge in [-0.2, -0.15) is 0 Å². The second-order valence-corrected chi connectivity index (χ2v) is 8.16. The lowest BCUT2D eigenvalue weighted by molar-refractivity contribution is 0.322. The molecule has 0 saturated heterocycles. The Labute approximate surface area is 188 Å². The number of nitrogens with zero attached hydrogens (tertiary/aromatic N) is 2. The van der Waals surface area contributed by atoms with Gasteiger partial charge in [0.2, 0.25) is 0 Å². The smallest absolute Gasteiger partial charge is 0.253 e. The van der Waals surface area contributed by atoms with Gasteiger partial charge < -0.3 is 24.8 Å². The van der Waals surface area contributed by atoms with Crippen molar-refractivity contribution in [3.63, 3.8) is 0 Å². The highest BCUT2D eigenvalue weighted by atomic mass is 32.1. The fraction of sp³-hybridized carbons (Fsp3) is 0.333. The van der Waals surface area contributed by atoms with Crippen LogP contribution in [0.5, 0.6) is 5.75 Å². The number of fused-ring (bicyclic) bond motifs is 1. The molecule has 0 aliphatic carbocycles. The van der Waals surface area contributed by atoms with Crippen molar-refractivity contribution in [3.05, 3.63) is 76.1 Å². The second kappa shape index (κ2) is 10.9. The van der Waals surface area contributed by atoms with Crippen molar-refractivity contribution in [2.45, 2.75) is 13.0 Å². The lowest BCUT2D eigenvalue weighted by Crippen LogP contribution is -2.43. The first-order chi connectivity index (χ1) is 15.0. The maximum atomic E-state index is 12.7. The molecule has 164 valence electrons. The third-order valence-corrected chi connectivity index (χ3v) is 5.53. The lowest BCUT2D eigenvalue weighted by Gasteiger charge is -2.27. The Hall–Kier alpha value is -2.90. The molecule has 3 aromatic rings. The summed E-state index contributed by atoms with van der Waals surface area (Å²) in [5, 5.41) is 4.95. The van der Waals surface area contributed by atoms with Gasteiger partial charge in [-0.25, -0.2) is 0 Å². The Kier molecular flexibility index (Phi) is 8.03. The predicted octanol–water partition coefficient (Wildman–Crippen LogP) is 3.02. The molecule has 2 N–H and O–H groups in total. The molecule has 0 aliphatic rings. The van der Waals surface area contributed by atoms with Gasteiger partial charge in [0, 0.05) is 36.1 Å². The number of likely N-dealkylation sites (N-methyl/N-ethyl adjacent to an activating group) is 1. The highest BCUT2D eigenvalue weighted by molar-refractivity contribution is 7.80. The van der Waals surface area contributed by atoms with Crippen molar-refractivity contribution in [3.8, 4) is 5.75 Å². The number of rotatable bonds is 9. The molecule has 0 bridgehead atoms. The van der Waals surface area contributed by atoms with Crippen LogP contribution in [0.3, 0.4) is 0 Å². The molecule has 0 spiro atoms. The summed E-state index contributed by atoms with van der Waals surface area (Å²) < 4.78 is 5.32. The third-order valence-electron chi connectivity index (χ3n) is 5.13. The number of aromatic amines is 1. The molecule has 0 atom stereocenters. The summed E-state index contributed by atoms with van der Waals surface area (Å²) in [7, 11) is 5.69. The quantitative estimate of drug-likeness (QED) is 0.501. The molecule has 0 saturated carbocycles. The van der Waals surface area contributed by atoms with Gasteiger partial charge in [0.1, 0.15) is 5.75 Å². The monoisotopic (exact) mass is 438 g/mol. The van der Waals surface area contributed by atoms with Crippen molar-refractivity contribution < 1.29 is 4.74 Å². The van der Waals surface area contributed by atoms with Crippen molar-refractivity contribution >= 4 is 28.2 Å². The number of ether oxygens (including phenoxy) is 1. The van der Waals surface area contributed by atoms with Crippen molar-refractivity contribution in [1.82, 2.24) is 20.1 Å². The van der Waals surface area contributed by atoms with Gasteiger partial charge in [0.15, 0.2) is 5.11 Å². The minimum atomic E-state index is -0.0976. The third kappa shape index (κ3) is 6.54. The zero-order chi connectivity index (χ0) is 22.2. The molecule has 3 rings (SSSR count). The summed E-state index contributed by atoms with van der Waals surface area (Å²) in [5.41, 5.74) is 2.63. The maximum Gasteiger partial charge on any atom is 0.253 e. The number of thiocarbonyl (C=S) groups is 1. The van der Waals surface area contributed by atoms with E-state index in [0.29, 0.717) is 17.2 Å². The fourth-order valence-corrected chi connectivity index (χ4v) is 3.58. The number of hydrogen-bond acceptors (Lipinski definition) is 4. The van der Waals surface area contributed by atoms with Crippen molar-refractivity contribution in [2.75, 3.05) is 40.8 Å². The second-order valence-electron chi connectivity index (χ2n) is 7.77. The topological polar surface area (TPSA) is 60.6 Å².